The molecule has 0 amide bonds. The second-order valence-electron chi connectivity index (χ2n) is 4.80. The Morgan fingerprint density at radius 3 is 2.83 bits per heavy atom. The summed E-state index contributed by atoms with van der Waals surface area (Å²) in [6.07, 6.45) is 0.669. The molecule has 2 rings (SSSR count). The summed E-state index contributed by atoms with van der Waals surface area (Å²) in [5.74, 6) is 0.932. The van der Waals surface area contributed by atoms with Gasteiger partial charge < -0.3 is 20.5 Å². The van der Waals surface area contributed by atoms with Crippen molar-refractivity contribution < 1.29 is 9.84 Å². The number of ether oxygens (including phenoxy) is 1. The zero-order chi connectivity index (χ0) is 13.3. The molecular formula is C12H22N4O2. The van der Waals surface area contributed by atoms with Crippen molar-refractivity contribution in [1.29, 1.82) is 0 Å². The van der Waals surface area contributed by atoms with Gasteiger partial charge in [0.2, 0.25) is 0 Å². The van der Waals surface area contributed by atoms with E-state index in [1.165, 1.54) is 0 Å². The van der Waals surface area contributed by atoms with Gasteiger partial charge in [0, 0.05) is 13.6 Å². The number of nitrogens with zero attached hydrogens (tertiary/aromatic N) is 3. The van der Waals surface area contributed by atoms with Crippen molar-refractivity contribution in [3.8, 4) is 0 Å². The number of nitrogen functional groups attached to an aromatic ring is 1. The van der Waals surface area contributed by atoms with Gasteiger partial charge >= 0.3 is 0 Å². The molecule has 1 fully saturated rings. The van der Waals surface area contributed by atoms with Gasteiger partial charge in [0.05, 0.1) is 36.7 Å². The Labute approximate surface area is 107 Å². The number of morpholine rings is 1. The number of aromatic nitrogens is 2. The number of hydrogen-bond donors (Lipinski definition) is 2. The van der Waals surface area contributed by atoms with E-state index < -0.39 is 0 Å². The van der Waals surface area contributed by atoms with Gasteiger partial charge in [-0.15, -0.1) is 0 Å². The normalized spacial score (nSPS) is 24.6. The number of nitrogens with two attached hydrogens (primary N) is 1. The van der Waals surface area contributed by atoms with Gasteiger partial charge in [-0.25, -0.2) is 0 Å². The van der Waals surface area contributed by atoms with Crippen LogP contribution < -0.4 is 10.6 Å². The second-order valence-corrected chi connectivity index (χ2v) is 4.80. The monoisotopic (exact) mass is 254 g/mol. The molecular weight excluding hydrogens is 232 g/mol. The van der Waals surface area contributed by atoms with Crippen LogP contribution in [-0.4, -0.2) is 46.8 Å². The van der Waals surface area contributed by atoms with Crippen molar-refractivity contribution in [1.82, 2.24) is 9.78 Å². The Bertz CT molecular complexity index is 418. The summed E-state index contributed by atoms with van der Waals surface area (Å²) >= 11 is 0. The number of hydrogen-bond acceptors (Lipinski definition) is 5. The first-order chi connectivity index (χ1) is 8.58. The van der Waals surface area contributed by atoms with Crippen LogP contribution in [-0.2, 0) is 18.2 Å². The van der Waals surface area contributed by atoms with E-state index in [0.29, 0.717) is 13.2 Å². The lowest BCUT2D eigenvalue weighted by molar-refractivity contribution is -0.0107. The minimum Gasteiger partial charge on any atom is -0.394 e. The van der Waals surface area contributed by atoms with Crippen LogP contribution in [0.5, 0.6) is 0 Å². The van der Waals surface area contributed by atoms with E-state index in [1.807, 2.05) is 18.7 Å². The average Bonchev–Trinajstić information content (AvgIpc) is 2.65. The van der Waals surface area contributed by atoms with Gasteiger partial charge in [-0.1, -0.05) is 6.92 Å². The topological polar surface area (TPSA) is 76.5 Å². The van der Waals surface area contributed by atoms with Crippen molar-refractivity contribution in [2.45, 2.75) is 32.4 Å². The molecule has 1 aliphatic rings. The van der Waals surface area contributed by atoms with Crippen molar-refractivity contribution in [2.24, 2.45) is 7.05 Å². The first-order valence-electron chi connectivity index (χ1n) is 6.38. The van der Waals surface area contributed by atoms with Crippen LogP contribution >= 0.6 is 0 Å². The third kappa shape index (κ3) is 2.18. The molecule has 6 nitrogen and oxygen atoms in total. The van der Waals surface area contributed by atoms with E-state index in [1.54, 1.807) is 0 Å². The van der Waals surface area contributed by atoms with Crippen LogP contribution in [0.1, 0.15) is 19.5 Å². The van der Waals surface area contributed by atoms with Gasteiger partial charge in [0.1, 0.15) is 0 Å². The first-order valence-corrected chi connectivity index (χ1v) is 6.38. The molecule has 1 aromatic heterocycles. The van der Waals surface area contributed by atoms with Crippen LogP contribution in [0.4, 0.5) is 11.5 Å². The Balaban J connectivity index is 2.31. The fraction of sp³-hybridized carbons (Fsp3) is 0.750. The van der Waals surface area contributed by atoms with E-state index in [4.69, 9.17) is 10.5 Å². The number of aliphatic hydroxyl groups is 1. The van der Waals surface area contributed by atoms with Crippen molar-refractivity contribution in [3.05, 3.63) is 5.69 Å². The van der Waals surface area contributed by atoms with Crippen molar-refractivity contribution in [2.75, 3.05) is 30.4 Å². The van der Waals surface area contributed by atoms with E-state index in [2.05, 4.69) is 16.9 Å². The molecule has 2 unspecified atom stereocenters. The Morgan fingerprint density at radius 1 is 1.56 bits per heavy atom. The first kappa shape index (κ1) is 13.2. The van der Waals surface area contributed by atoms with Crippen LogP contribution in [0.15, 0.2) is 0 Å². The van der Waals surface area contributed by atoms with Crippen LogP contribution in [0.3, 0.4) is 0 Å². The molecule has 1 aromatic rings. The van der Waals surface area contributed by atoms with E-state index in [0.717, 1.165) is 23.6 Å². The maximum absolute atomic E-state index is 9.23. The average molecular weight is 254 g/mol. The molecule has 2 heterocycles. The number of aryl methyl sites for hydroxylation is 2. The fourth-order valence-electron chi connectivity index (χ4n) is 2.41. The molecule has 0 aromatic carbocycles. The molecule has 102 valence electrons. The molecule has 2 atom stereocenters. The summed E-state index contributed by atoms with van der Waals surface area (Å²) in [6.45, 7) is 5.40. The van der Waals surface area contributed by atoms with Gasteiger partial charge in [0.25, 0.3) is 0 Å². The van der Waals surface area contributed by atoms with Gasteiger partial charge in [0.15, 0.2) is 5.82 Å². The quantitative estimate of drug-likeness (QED) is 0.803. The molecule has 3 N–H and O–H groups in total. The highest BCUT2D eigenvalue weighted by Crippen LogP contribution is 2.30. The van der Waals surface area contributed by atoms with Crippen LogP contribution in [0, 0.1) is 0 Å². The predicted octanol–water partition coefficient (Wildman–Crippen LogP) is 0.151. The zero-order valence-electron chi connectivity index (χ0n) is 11.3. The molecule has 1 aliphatic heterocycles. The third-order valence-corrected chi connectivity index (χ3v) is 3.45. The maximum atomic E-state index is 9.23. The summed E-state index contributed by atoms with van der Waals surface area (Å²) in [5.41, 5.74) is 7.83. The lowest BCUT2D eigenvalue weighted by Gasteiger charge is -2.38. The Hall–Kier alpha value is -1.27. The summed E-state index contributed by atoms with van der Waals surface area (Å²) < 4.78 is 7.37. The van der Waals surface area contributed by atoms with E-state index in [-0.39, 0.29) is 18.8 Å². The zero-order valence-corrected chi connectivity index (χ0v) is 11.3. The highest BCUT2D eigenvalue weighted by atomic mass is 16.5. The van der Waals surface area contributed by atoms with Gasteiger partial charge in [-0.05, 0) is 13.3 Å². The molecule has 0 radical (unpaired) electrons. The Kier molecular flexibility index (Phi) is 3.77. The summed E-state index contributed by atoms with van der Waals surface area (Å²) in [5, 5.41) is 13.7. The minimum atomic E-state index is -0.152. The molecule has 6 heteroatoms. The molecule has 0 aliphatic carbocycles. The van der Waals surface area contributed by atoms with Crippen molar-refractivity contribution >= 4 is 11.5 Å². The lowest BCUT2D eigenvalue weighted by Crippen LogP contribution is -2.50. The second kappa shape index (κ2) is 5.16. The number of rotatable bonds is 3. The maximum Gasteiger partial charge on any atom is 0.150 e. The van der Waals surface area contributed by atoms with Crippen molar-refractivity contribution in [3.63, 3.8) is 0 Å². The summed E-state index contributed by atoms with van der Waals surface area (Å²) in [4.78, 5) is 2.17. The fourth-order valence-corrected chi connectivity index (χ4v) is 2.41. The lowest BCUT2D eigenvalue weighted by atomic mass is 10.2. The molecule has 18 heavy (non-hydrogen) atoms. The SMILES string of the molecule is CCc1nn(C)c(N2CC(CO)OCC2C)c1N. The van der Waals surface area contributed by atoms with Crippen LogP contribution in [0.25, 0.3) is 0 Å². The van der Waals surface area contributed by atoms with E-state index in [9.17, 15) is 5.11 Å². The highest BCUT2D eigenvalue weighted by Gasteiger charge is 2.29. The number of anilines is 2. The van der Waals surface area contributed by atoms with Crippen LogP contribution in [0.2, 0.25) is 0 Å². The Morgan fingerprint density at radius 2 is 2.28 bits per heavy atom. The van der Waals surface area contributed by atoms with Gasteiger partial charge in [-0.2, -0.15) is 5.10 Å². The highest BCUT2D eigenvalue weighted by molar-refractivity contribution is 5.67. The third-order valence-electron chi connectivity index (χ3n) is 3.45. The van der Waals surface area contributed by atoms with Gasteiger partial charge in [-0.3, -0.25) is 4.68 Å². The van der Waals surface area contributed by atoms with E-state index >= 15 is 0 Å². The minimum absolute atomic E-state index is 0.0294. The largest absolute Gasteiger partial charge is 0.394 e. The smallest absolute Gasteiger partial charge is 0.150 e. The molecule has 0 bridgehead atoms. The molecule has 0 saturated carbocycles. The summed E-state index contributed by atoms with van der Waals surface area (Å²) in [7, 11) is 1.90. The molecule has 1 saturated heterocycles. The molecule has 0 spiro atoms. The standard InChI is InChI=1S/C12H22N4O2/c1-4-10-11(13)12(15(3)14-10)16-5-9(6-17)18-7-8(16)2/h8-9,17H,4-7,13H2,1-3H3. The summed E-state index contributed by atoms with van der Waals surface area (Å²) in [6, 6.07) is 0.232. The predicted molar refractivity (Wildman–Crippen MR) is 70.6 cm³/mol. The number of aliphatic hydroxyl groups excluding tert-OH is 1.